The van der Waals surface area contributed by atoms with Gasteiger partial charge in [-0.1, -0.05) is 84.6 Å². The molecule has 0 radical (unpaired) electrons. The number of hydrogen-bond acceptors (Lipinski definition) is 4. The van der Waals surface area contributed by atoms with E-state index in [2.05, 4.69) is 5.32 Å². The number of anilines is 1. The molecule has 1 N–H and O–H groups in total. The maximum Gasteiger partial charge on any atom is 0.264 e. The molecule has 7 nitrogen and oxygen atoms in total. The van der Waals surface area contributed by atoms with Crippen LogP contribution in [0.5, 0.6) is 0 Å². The monoisotopic (exact) mass is 569 g/mol. The molecule has 0 aromatic heterocycles. The second kappa shape index (κ2) is 13.6. The van der Waals surface area contributed by atoms with Crippen LogP contribution in [-0.2, 0) is 26.2 Å². The third-order valence-electron chi connectivity index (χ3n) is 6.44. The molecule has 39 heavy (non-hydrogen) atoms. The van der Waals surface area contributed by atoms with Crippen molar-refractivity contribution in [3.63, 3.8) is 0 Å². The van der Waals surface area contributed by atoms with Crippen molar-refractivity contribution in [2.24, 2.45) is 0 Å². The molecule has 0 saturated heterocycles. The number of sulfonamides is 1. The summed E-state index contributed by atoms with van der Waals surface area (Å²) in [5, 5.41) is 3.08. The van der Waals surface area contributed by atoms with E-state index in [1.54, 1.807) is 43.3 Å². The number of rotatable bonds is 12. The number of carbonyl (C=O) groups is 2. The third kappa shape index (κ3) is 7.83. The molecule has 1 atom stereocenters. The highest BCUT2D eigenvalue weighted by atomic mass is 35.5. The third-order valence-corrected chi connectivity index (χ3v) is 8.53. The van der Waals surface area contributed by atoms with E-state index in [4.69, 9.17) is 11.6 Å². The van der Waals surface area contributed by atoms with E-state index < -0.39 is 28.5 Å². The Balaban J connectivity index is 2.01. The van der Waals surface area contributed by atoms with Gasteiger partial charge in [0.25, 0.3) is 10.0 Å². The summed E-state index contributed by atoms with van der Waals surface area (Å²) in [6, 6.07) is 19.7. The van der Waals surface area contributed by atoms with Crippen LogP contribution >= 0.6 is 11.6 Å². The maximum absolute atomic E-state index is 13.9. The van der Waals surface area contributed by atoms with Crippen molar-refractivity contribution < 1.29 is 18.0 Å². The Labute approximate surface area is 236 Å². The molecule has 0 spiro atoms. The van der Waals surface area contributed by atoms with Gasteiger partial charge in [-0.3, -0.25) is 13.9 Å². The largest absolute Gasteiger partial charge is 0.354 e. The summed E-state index contributed by atoms with van der Waals surface area (Å²) < 4.78 is 28.7. The lowest BCUT2D eigenvalue weighted by Gasteiger charge is -2.32. The van der Waals surface area contributed by atoms with Crippen LogP contribution in [0.3, 0.4) is 0 Å². The average molecular weight is 570 g/mol. The summed E-state index contributed by atoms with van der Waals surface area (Å²) in [5.41, 5.74) is 2.94. The van der Waals surface area contributed by atoms with Crippen LogP contribution in [0.25, 0.3) is 0 Å². The zero-order chi connectivity index (χ0) is 28.6. The Hall–Kier alpha value is -3.36. The van der Waals surface area contributed by atoms with Gasteiger partial charge in [0.1, 0.15) is 12.6 Å². The Morgan fingerprint density at radius 3 is 2.28 bits per heavy atom. The number of carbonyl (C=O) groups excluding carboxylic acids is 2. The van der Waals surface area contributed by atoms with Gasteiger partial charge in [-0.2, -0.15) is 0 Å². The van der Waals surface area contributed by atoms with E-state index in [9.17, 15) is 18.0 Å². The van der Waals surface area contributed by atoms with Crippen molar-refractivity contribution in [2.75, 3.05) is 17.4 Å². The summed E-state index contributed by atoms with van der Waals surface area (Å²) in [4.78, 5) is 28.4. The van der Waals surface area contributed by atoms with Crippen LogP contribution in [0.1, 0.15) is 43.4 Å². The first-order valence-electron chi connectivity index (χ1n) is 13.0. The SMILES string of the molecule is CCCCNC(=O)[C@@H](C)N(Cc1cccc(C)c1)C(=O)CN(c1ccccc1Cl)S(=O)(=O)c1ccc(C)cc1. The Bertz CT molecular complexity index is 1390. The number of para-hydroxylation sites is 1. The molecule has 0 aliphatic heterocycles. The number of amides is 2. The first-order chi connectivity index (χ1) is 18.5. The van der Waals surface area contributed by atoms with Gasteiger partial charge < -0.3 is 10.2 Å². The summed E-state index contributed by atoms with van der Waals surface area (Å²) >= 11 is 6.44. The molecule has 3 aromatic carbocycles. The molecule has 9 heteroatoms. The van der Waals surface area contributed by atoms with Gasteiger partial charge in [0.05, 0.1) is 15.6 Å². The Morgan fingerprint density at radius 1 is 0.949 bits per heavy atom. The highest BCUT2D eigenvalue weighted by Crippen LogP contribution is 2.31. The molecule has 0 saturated carbocycles. The van der Waals surface area contributed by atoms with E-state index in [1.807, 2.05) is 45.0 Å². The standard InChI is InChI=1S/C30H36ClN3O4S/c1-5-6-18-32-30(36)24(4)33(20-25-11-9-10-23(3)19-25)29(35)21-34(28-13-8-7-12-27(28)31)39(37,38)26-16-14-22(2)15-17-26/h7-17,19,24H,5-6,18,20-21H2,1-4H3,(H,32,36)/t24-/m1/s1. The van der Waals surface area contributed by atoms with Gasteiger partial charge in [-0.05, 0) is 57.0 Å². The highest BCUT2D eigenvalue weighted by Gasteiger charge is 2.33. The second-order valence-corrected chi connectivity index (χ2v) is 11.9. The number of nitrogens with zero attached hydrogens (tertiary/aromatic N) is 2. The van der Waals surface area contributed by atoms with E-state index >= 15 is 0 Å². The van der Waals surface area contributed by atoms with Gasteiger partial charge >= 0.3 is 0 Å². The molecule has 3 rings (SSSR count). The number of hydrogen-bond donors (Lipinski definition) is 1. The molecule has 0 unspecified atom stereocenters. The van der Waals surface area contributed by atoms with Crippen LogP contribution in [0.4, 0.5) is 5.69 Å². The summed E-state index contributed by atoms with van der Waals surface area (Å²) in [7, 11) is -4.16. The van der Waals surface area contributed by atoms with Crippen molar-refractivity contribution in [1.82, 2.24) is 10.2 Å². The predicted octanol–water partition coefficient (Wildman–Crippen LogP) is 5.49. The lowest BCUT2D eigenvalue weighted by molar-refractivity contribution is -0.139. The molecule has 3 aromatic rings. The van der Waals surface area contributed by atoms with E-state index in [-0.39, 0.29) is 28.1 Å². The van der Waals surface area contributed by atoms with E-state index in [0.29, 0.717) is 6.54 Å². The second-order valence-electron chi connectivity index (χ2n) is 9.61. The molecule has 0 aliphatic carbocycles. The molecule has 0 bridgehead atoms. The lowest BCUT2D eigenvalue weighted by atomic mass is 10.1. The fourth-order valence-electron chi connectivity index (χ4n) is 4.13. The fourth-order valence-corrected chi connectivity index (χ4v) is 5.85. The van der Waals surface area contributed by atoms with Crippen LogP contribution in [0.15, 0.2) is 77.7 Å². The quantitative estimate of drug-likeness (QED) is 0.292. The maximum atomic E-state index is 13.9. The predicted molar refractivity (Wildman–Crippen MR) is 156 cm³/mol. The molecule has 0 aliphatic rings. The van der Waals surface area contributed by atoms with Crippen molar-refractivity contribution in [1.29, 1.82) is 0 Å². The molecule has 0 fully saturated rings. The van der Waals surface area contributed by atoms with Gasteiger partial charge in [-0.15, -0.1) is 0 Å². The number of nitrogens with one attached hydrogen (secondary N) is 1. The number of unbranched alkanes of at least 4 members (excludes halogenated alkanes) is 1. The summed E-state index contributed by atoms with van der Waals surface area (Å²) in [6.45, 7) is 7.61. The average Bonchev–Trinajstić information content (AvgIpc) is 2.90. The minimum atomic E-state index is -4.16. The smallest absolute Gasteiger partial charge is 0.264 e. The van der Waals surface area contributed by atoms with E-state index in [1.165, 1.54) is 17.0 Å². The first-order valence-corrected chi connectivity index (χ1v) is 14.8. The van der Waals surface area contributed by atoms with Crippen LogP contribution in [0, 0.1) is 13.8 Å². The molecule has 208 valence electrons. The van der Waals surface area contributed by atoms with Crippen LogP contribution in [0.2, 0.25) is 5.02 Å². The van der Waals surface area contributed by atoms with Gasteiger partial charge in [0.15, 0.2) is 0 Å². The Morgan fingerprint density at radius 2 is 1.64 bits per heavy atom. The zero-order valence-electron chi connectivity index (χ0n) is 22.9. The van der Waals surface area contributed by atoms with Crippen molar-refractivity contribution in [3.05, 3.63) is 94.5 Å². The van der Waals surface area contributed by atoms with E-state index in [0.717, 1.165) is 33.8 Å². The minimum absolute atomic E-state index is 0.0383. The fraction of sp³-hybridized carbons (Fsp3) is 0.333. The number of halogens is 1. The normalized spacial score (nSPS) is 12.0. The van der Waals surface area contributed by atoms with Gasteiger partial charge in [0, 0.05) is 13.1 Å². The summed E-state index contributed by atoms with van der Waals surface area (Å²) in [6.07, 6.45) is 1.74. The highest BCUT2D eigenvalue weighted by molar-refractivity contribution is 7.92. The van der Waals surface area contributed by atoms with Crippen LogP contribution < -0.4 is 9.62 Å². The molecular formula is C30H36ClN3O4S. The van der Waals surface area contributed by atoms with Crippen molar-refractivity contribution in [3.8, 4) is 0 Å². The molecular weight excluding hydrogens is 534 g/mol. The summed E-state index contributed by atoms with van der Waals surface area (Å²) in [5.74, 6) is -0.819. The number of aryl methyl sites for hydroxylation is 2. The van der Waals surface area contributed by atoms with Gasteiger partial charge in [0.2, 0.25) is 11.8 Å². The minimum Gasteiger partial charge on any atom is -0.354 e. The topological polar surface area (TPSA) is 86.8 Å². The van der Waals surface area contributed by atoms with Crippen LogP contribution in [-0.4, -0.2) is 44.3 Å². The zero-order valence-corrected chi connectivity index (χ0v) is 24.4. The molecule has 0 heterocycles. The lowest BCUT2D eigenvalue weighted by Crippen LogP contribution is -2.51. The van der Waals surface area contributed by atoms with Gasteiger partial charge in [-0.25, -0.2) is 8.42 Å². The van der Waals surface area contributed by atoms with Crippen molar-refractivity contribution >= 4 is 39.1 Å². The number of benzene rings is 3. The van der Waals surface area contributed by atoms with Crippen molar-refractivity contribution in [2.45, 2.75) is 58.0 Å². The molecule has 2 amide bonds. The first kappa shape index (κ1) is 30.2. The Kier molecular flexibility index (Phi) is 10.5.